The largest absolute Gasteiger partial charge is 0.489 e. The van der Waals surface area contributed by atoms with Crippen LogP contribution in [-0.2, 0) is 23.0 Å². The number of thiazole rings is 1. The van der Waals surface area contributed by atoms with Crippen molar-refractivity contribution in [2.45, 2.75) is 25.9 Å². The molecule has 0 unspecified atom stereocenters. The SMILES string of the molecule is Cn1c(-c2ccc3c(c2)C=CCO3)c(CC(C)(C)OCC(=O)O)sc1=O. The van der Waals surface area contributed by atoms with Crippen molar-refractivity contribution in [1.82, 2.24) is 4.57 Å². The molecule has 7 heteroatoms. The minimum Gasteiger partial charge on any atom is -0.489 e. The van der Waals surface area contributed by atoms with Gasteiger partial charge in [0.1, 0.15) is 19.0 Å². The first kappa shape index (κ1) is 18.4. The van der Waals surface area contributed by atoms with Crippen LogP contribution in [0, 0.1) is 0 Å². The van der Waals surface area contributed by atoms with E-state index in [1.807, 2.05) is 44.2 Å². The smallest absolute Gasteiger partial charge is 0.329 e. The second-order valence-electron chi connectivity index (χ2n) is 6.78. The average molecular weight is 375 g/mol. The van der Waals surface area contributed by atoms with E-state index in [1.165, 1.54) is 11.3 Å². The maximum absolute atomic E-state index is 12.3. The van der Waals surface area contributed by atoms with Crippen LogP contribution < -0.4 is 9.61 Å². The van der Waals surface area contributed by atoms with E-state index in [2.05, 4.69) is 0 Å². The number of fused-ring (bicyclic) bond motifs is 1. The van der Waals surface area contributed by atoms with E-state index in [0.717, 1.165) is 27.4 Å². The van der Waals surface area contributed by atoms with Crippen molar-refractivity contribution in [3.05, 3.63) is 44.4 Å². The van der Waals surface area contributed by atoms with E-state index in [9.17, 15) is 9.59 Å². The fourth-order valence-corrected chi connectivity index (χ4v) is 4.15. The molecule has 2 heterocycles. The average Bonchev–Trinajstić information content (AvgIpc) is 2.86. The first-order chi connectivity index (χ1) is 12.3. The fraction of sp³-hybridized carbons (Fsp3) is 0.368. The Hall–Kier alpha value is -2.38. The third kappa shape index (κ3) is 3.89. The first-order valence-electron chi connectivity index (χ1n) is 8.25. The highest BCUT2D eigenvalue weighted by atomic mass is 32.1. The van der Waals surface area contributed by atoms with Gasteiger partial charge in [0.15, 0.2) is 0 Å². The molecule has 6 nitrogen and oxygen atoms in total. The Morgan fingerprint density at radius 3 is 2.92 bits per heavy atom. The van der Waals surface area contributed by atoms with Crippen LogP contribution in [0.15, 0.2) is 29.1 Å². The van der Waals surface area contributed by atoms with E-state index in [4.69, 9.17) is 14.6 Å². The summed E-state index contributed by atoms with van der Waals surface area (Å²) in [7, 11) is 1.74. The lowest BCUT2D eigenvalue weighted by atomic mass is 9.99. The zero-order valence-electron chi connectivity index (χ0n) is 14.9. The summed E-state index contributed by atoms with van der Waals surface area (Å²) in [5.41, 5.74) is 2.02. The Morgan fingerprint density at radius 2 is 2.19 bits per heavy atom. The van der Waals surface area contributed by atoms with Gasteiger partial charge in [-0.3, -0.25) is 4.79 Å². The van der Waals surface area contributed by atoms with E-state index in [0.29, 0.717) is 13.0 Å². The summed E-state index contributed by atoms with van der Waals surface area (Å²) in [6, 6.07) is 5.85. The minimum atomic E-state index is -1.01. The van der Waals surface area contributed by atoms with Crippen LogP contribution in [0.5, 0.6) is 5.75 Å². The number of nitrogens with zero attached hydrogens (tertiary/aromatic N) is 1. The summed E-state index contributed by atoms with van der Waals surface area (Å²) in [5, 5.41) is 8.84. The number of aliphatic carboxylic acids is 1. The van der Waals surface area contributed by atoms with Crippen LogP contribution in [0.25, 0.3) is 17.3 Å². The molecule has 1 aromatic carbocycles. The van der Waals surface area contributed by atoms with Crippen LogP contribution in [0.1, 0.15) is 24.3 Å². The van der Waals surface area contributed by atoms with E-state index in [1.54, 1.807) is 11.6 Å². The van der Waals surface area contributed by atoms with Crippen LogP contribution >= 0.6 is 11.3 Å². The molecule has 0 aliphatic carbocycles. The molecule has 0 amide bonds. The van der Waals surface area contributed by atoms with Gasteiger partial charge in [-0.05, 0) is 38.1 Å². The Balaban J connectivity index is 1.97. The molecular formula is C19H21NO5S. The van der Waals surface area contributed by atoms with Crippen molar-refractivity contribution < 1.29 is 19.4 Å². The van der Waals surface area contributed by atoms with Gasteiger partial charge in [0, 0.05) is 29.5 Å². The van der Waals surface area contributed by atoms with Crippen molar-refractivity contribution in [3.8, 4) is 17.0 Å². The molecule has 138 valence electrons. The monoisotopic (exact) mass is 375 g/mol. The number of aromatic nitrogens is 1. The standard InChI is InChI=1S/C19H21NO5S/c1-19(2,25-11-16(21)22)10-15-17(20(3)18(23)26-15)13-6-7-14-12(9-13)5-4-8-24-14/h4-7,9H,8,10-11H2,1-3H3,(H,21,22). The molecule has 1 aliphatic heterocycles. The number of benzene rings is 1. The van der Waals surface area contributed by atoms with E-state index >= 15 is 0 Å². The summed E-state index contributed by atoms with van der Waals surface area (Å²) >= 11 is 1.17. The molecule has 0 saturated carbocycles. The molecule has 1 aromatic heterocycles. The number of hydrogen-bond acceptors (Lipinski definition) is 5. The number of hydrogen-bond donors (Lipinski definition) is 1. The molecule has 0 radical (unpaired) electrons. The maximum Gasteiger partial charge on any atom is 0.329 e. The number of ether oxygens (including phenoxy) is 2. The van der Waals surface area contributed by atoms with Gasteiger partial charge in [0.05, 0.1) is 11.3 Å². The molecule has 0 atom stereocenters. The van der Waals surface area contributed by atoms with E-state index in [-0.39, 0.29) is 11.5 Å². The number of carboxylic acid groups (broad SMARTS) is 1. The third-order valence-electron chi connectivity index (χ3n) is 4.17. The molecule has 1 N–H and O–H groups in total. The van der Waals surface area contributed by atoms with Gasteiger partial charge in [-0.15, -0.1) is 0 Å². The Kier molecular flexibility index (Phi) is 5.02. The molecule has 0 fully saturated rings. The summed E-state index contributed by atoms with van der Waals surface area (Å²) in [6.45, 7) is 3.84. The Labute approximate surface area is 155 Å². The van der Waals surface area contributed by atoms with Crippen LogP contribution in [0.3, 0.4) is 0 Å². The van der Waals surface area contributed by atoms with Gasteiger partial charge in [0.25, 0.3) is 0 Å². The molecule has 0 bridgehead atoms. The van der Waals surface area contributed by atoms with Crippen molar-refractivity contribution in [2.24, 2.45) is 7.05 Å². The number of carbonyl (C=O) groups is 1. The highest BCUT2D eigenvalue weighted by Crippen LogP contribution is 2.33. The van der Waals surface area contributed by atoms with Gasteiger partial charge in [-0.1, -0.05) is 17.4 Å². The topological polar surface area (TPSA) is 77.8 Å². The highest BCUT2D eigenvalue weighted by molar-refractivity contribution is 7.09. The van der Waals surface area contributed by atoms with Gasteiger partial charge < -0.3 is 19.1 Å². The van der Waals surface area contributed by atoms with Gasteiger partial charge >= 0.3 is 10.8 Å². The van der Waals surface area contributed by atoms with Gasteiger partial charge in [0.2, 0.25) is 0 Å². The second-order valence-corrected chi connectivity index (χ2v) is 7.83. The summed E-state index contributed by atoms with van der Waals surface area (Å²) in [6.07, 6.45) is 4.40. The molecule has 0 spiro atoms. The minimum absolute atomic E-state index is 0.0615. The fourth-order valence-electron chi connectivity index (χ4n) is 2.94. The Bertz CT molecular complexity index is 922. The van der Waals surface area contributed by atoms with Crippen molar-refractivity contribution in [2.75, 3.05) is 13.2 Å². The number of carboxylic acids is 1. The lowest BCUT2D eigenvalue weighted by molar-refractivity contribution is -0.147. The quantitative estimate of drug-likeness (QED) is 0.840. The van der Waals surface area contributed by atoms with Gasteiger partial charge in [-0.2, -0.15) is 0 Å². The second kappa shape index (κ2) is 7.09. The van der Waals surface area contributed by atoms with Crippen molar-refractivity contribution >= 4 is 23.4 Å². The predicted molar refractivity (Wildman–Crippen MR) is 101 cm³/mol. The van der Waals surface area contributed by atoms with Gasteiger partial charge in [-0.25, -0.2) is 4.79 Å². The molecule has 26 heavy (non-hydrogen) atoms. The molecule has 2 aromatic rings. The molecule has 0 saturated heterocycles. The van der Waals surface area contributed by atoms with E-state index < -0.39 is 11.6 Å². The van der Waals surface area contributed by atoms with Crippen LogP contribution in [0.2, 0.25) is 0 Å². The number of rotatable bonds is 6. The summed E-state index contributed by atoms with van der Waals surface area (Å²) < 4.78 is 12.7. The van der Waals surface area contributed by atoms with Crippen LogP contribution in [0.4, 0.5) is 0 Å². The molecule has 1 aliphatic rings. The predicted octanol–water partition coefficient (Wildman–Crippen LogP) is 2.94. The molecule has 3 rings (SSSR count). The zero-order chi connectivity index (χ0) is 18.9. The summed E-state index contributed by atoms with van der Waals surface area (Å²) in [4.78, 5) is 23.9. The summed E-state index contributed by atoms with van der Waals surface area (Å²) in [5.74, 6) is -0.191. The lowest BCUT2D eigenvalue weighted by Gasteiger charge is -2.24. The van der Waals surface area contributed by atoms with Crippen LogP contribution in [-0.4, -0.2) is 34.5 Å². The van der Waals surface area contributed by atoms with Crippen molar-refractivity contribution in [1.29, 1.82) is 0 Å². The first-order valence-corrected chi connectivity index (χ1v) is 9.07. The zero-order valence-corrected chi connectivity index (χ0v) is 15.8. The third-order valence-corrected chi connectivity index (χ3v) is 5.20. The molecular weight excluding hydrogens is 354 g/mol. The Morgan fingerprint density at radius 1 is 1.42 bits per heavy atom. The normalized spacial score (nSPS) is 13.3. The van der Waals surface area contributed by atoms with Crippen molar-refractivity contribution in [3.63, 3.8) is 0 Å². The maximum atomic E-state index is 12.3. The lowest BCUT2D eigenvalue weighted by Crippen LogP contribution is -2.30. The highest BCUT2D eigenvalue weighted by Gasteiger charge is 2.26.